The second-order valence-corrected chi connectivity index (χ2v) is 8.65. The Morgan fingerprint density at radius 2 is 1.89 bits per heavy atom. The molecular weight excluding hydrogens is 390 g/mol. The molecule has 0 rings (SSSR count). The molecule has 0 aliphatic heterocycles. The van der Waals surface area contributed by atoms with Crippen LogP contribution in [0.4, 0.5) is 0 Å². The average Bonchev–Trinajstić information content (AvgIpc) is 2.54. The normalized spacial score (nSPS) is 14.8. The average molecular weight is 423 g/mol. The van der Waals surface area contributed by atoms with Crippen molar-refractivity contribution < 1.29 is 38.1 Å². The van der Waals surface area contributed by atoms with Gasteiger partial charge in [0, 0.05) is 12.3 Å². The van der Waals surface area contributed by atoms with E-state index in [1.165, 1.54) is 0 Å². The first-order valence-corrected chi connectivity index (χ1v) is 10.6. The predicted molar refractivity (Wildman–Crippen MR) is 100 cm³/mol. The quantitative estimate of drug-likeness (QED) is 0.0604. The molecule has 3 unspecified atom stereocenters. The molecule has 11 nitrogen and oxygen atoms in total. The minimum absolute atomic E-state index is 0.0581. The van der Waals surface area contributed by atoms with Gasteiger partial charge >= 0.3 is 5.96 Å². The number of hydrogen-bond donors (Lipinski definition) is 5. The maximum absolute atomic E-state index is 12.6. The van der Waals surface area contributed by atoms with Gasteiger partial charge in [0.15, 0.2) is 11.8 Å². The number of hydrogen-bond acceptors (Lipinski definition) is 6. The molecule has 9 N–H and O–H groups in total. The van der Waals surface area contributed by atoms with Crippen LogP contribution in [0.2, 0.25) is 0 Å². The third-order valence-corrected chi connectivity index (χ3v) is 4.74. The highest BCUT2D eigenvalue weighted by atomic mass is 32.2. The Hall–Kier alpha value is -2.05. The number of rotatable bonds is 14. The lowest BCUT2D eigenvalue weighted by Gasteiger charge is -2.22. The topological polar surface area (TPSA) is 214 Å². The number of aldehydes is 1. The van der Waals surface area contributed by atoms with E-state index in [0.717, 1.165) is 0 Å². The van der Waals surface area contributed by atoms with Gasteiger partial charge in [-0.05, 0) is 25.2 Å². The number of guanidine groups is 1. The van der Waals surface area contributed by atoms with Crippen LogP contribution in [-0.4, -0.2) is 61.3 Å². The van der Waals surface area contributed by atoms with Crippen molar-refractivity contribution in [3.63, 3.8) is 0 Å². The van der Waals surface area contributed by atoms with E-state index < -0.39 is 39.8 Å². The Labute approximate surface area is 165 Å². The van der Waals surface area contributed by atoms with Gasteiger partial charge in [0.25, 0.3) is 5.91 Å². The summed E-state index contributed by atoms with van der Waals surface area (Å²) in [5.41, 5.74) is 13.9. The van der Waals surface area contributed by atoms with Crippen molar-refractivity contribution in [2.45, 2.75) is 51.6 Å². The Bertz CT molecular complexity index is 660. The van der Waals surface area contributed by atoms with E-state index >= 15 is 0 Å². The zero-order chi connectivity index (χ0) is 21.9. The number of amides is 1. The lowest BCUT2D eigenvalue weighted by molar-refractivity contribution is -0.459. The molecule has 28 heavy (non-hydrogen) atoms. The maximum Gasteiger partial charge on any atom is 0.338 e. The number of nitrogens with two attached hydrogens (primary N) is 2. The van der Waals surface area contributed by atoms with Crippen LogP contribution in [0.5, 0.6) is 0 Å². The minimum atomic E-state index is -4.62. The summed E-state index contributed by atoms with van der Waals surface area (Å²) in [7, 11) is -4.62. The Morgan fingerprint density at radius 3 is 2.36 bits per heavy atom. The zero-order valence-electron chi connectivity index (χ0n) is 16.3. The van der Waals surface area contributed by atoms with Crippen LogP contribution in [0.15, 0.2) is 0 Å². The number of quaternary nitrogens is 1. The fourth-order valence-electron chi connectivity index (χ4n) is 2.57. The van der Waals surface area contributed by atoms with Crippen LogP contribution in [0.1, 0.15) is 39.5 Å². The molecule has 0 fully saturated rings. The van der Waals surface area contributed by atoms with E-state index in [1.54, 1.807) is 0 Å². The van der Waals surface area contributed by atoms with Gasteiger partial charge in [-0.25, -0.2) is 8.42 Å². The van der Waals surface area contributed by atoms with Crippen molar-refractivity contribution >= 4 is 34.1 Å². The van der Waals surface area contributed by atoms with Crippen molar-refractivity contribution in [2.75, 3.05) is 12.3 Å². The van der Waals surface area contributed by atoms with E-state index in [2.05, 4.69) is 16.0 Å². The maximum atomic E-state index is 12.6. The van der Waals surface area contributed by atoms with E-state index in [4.69, 9.17) is 11.5 Å². The molecule has 0 bridgehead atoms. The summed E-state index contributed by atoms with van der Waals surface area (Å²) in [6.07, 6.45) is 1.94. The molecule has 0 aromatic carbocycles. The number of nitrogens with one attached hydrogen (secondary N) is 2. The molecule has 3 atom stereocenters. The second-order valence-electron chi connectivity index (χ2n) is 7.20. The molecule has 0 radical (unpaired) electrons. The summed E-state index contributed by atoms with van der Waals surface area (Å²) < 4.78 is 32.4. The number of Topliss-reactive ketones (excluding diaryl/α,β-unsaturated/α-hetero) is 1. The molecular formula is C16H32N5O6S+. The lowest BCUT2D eigenvalue weighted by Crippen LogP contribution is -2.78. The molecule has 1 amide bonds. The predicted octanol–water partition coefficient (Wildman–Crippen LogP) is -4.42. The molecule has 0 aromatic heterocycles. The molecule has 0 spiro atoms. The number of ketones is 1. The Kier molecular flexibility index (Phi) is 11.5. The standard InChI is InChI=1S/C16H31N5O6S/c1-10(2)6-13(21-15(24)12(17)9-28(25,26)27)14(23)7-11(8-22)4-3-5-20-16(18)19/h8,10-13H,3-7,9,17H2,1-2H3,(H,21,24)(H4,18,19,20)(H,25,26,27)/p+1. The molecule has 12 heteroatoms. The van der Waals surface area contributed by atoms with Gasteiger partial charge in [-0.2, -0.15) is 0 Å². The summed E-state index contributed by atoms with van der Waals surface area (Å²) in [6, 6.07) is -2.21. The summed E-state index contributed by atoms with van der Waals surface area (Å²) in [5, 5.41) is 2.46. The smallest absolute Gasteiger partial charge is 0.338 e. The van der Waals surface area contributed by atoms with Gasteiger partial charge in [-0.15, -0.1) is 0 Å². The summed E-state index contributed by atoms with van der Waals surface area (Å²) in [5.74, 6) is -2.48. The van der Waals surface area contributed by atoms with E-state index in [9.17, 15) is 27.4 Å². The SMILES string of the molecule is CC(C)CC(NC(=O)C([NH3+])CS(=O)(=O)[O-])C(=O)CC(C=O)CCC[NH+]=C(N)N. The van der Waals surface area contributed by atoms with Gasteiger partial charge in [0.1, 0.15) is 16.4 Å². The van der Waals surface area contributed by atoms with Gasteiger partial charge in [0.2, 0.25) is 0 Å². The summed E-state index contributed by atoms with van der Waals surface area (Å²) in [6.45, 7) is 4.17. The molecule has 0 aliphatic carbocycles. The van der Waals surface area contributed by atoms with Crippen LogP contribution in [-0.2, 0) is 24.5 Å². The van der Waals surface area contributed by atoms with Crippen molar-refractivity contribution in [3.05, 3.63) is 0 Å². The van der Waals surface area contributed by atoms with Crippen molar-refractivity contribution in [2.24, 2.45) is 23.3 Å². The monoisotopic (exact) mass is 422 g/mol. The van der Waals surface area contributed by atoms with Crippen LogP contribution in [0.25, 0.3) is 0 Å². The first kappa shape index (κ1) is 26.0. The second kappa shape index (κ2) is 12.4. The molecule has 0 aliphatic rings. The number of carbonyl (C=O) groups excluding carboxylic acids is 3. The molecule has 162 valence electrons. The largest absolute Gasteiger partial charge is 0.748 e. The van der Waals surface area contributed by atoms with E-state index in [-0.39, 0.29) is 24.1 Å². The van der Waals surface area contributed by atoms with Crippen LogP contribution in [0.3, 0.4) is 0 Å². The minimum Gasteiger partial charge on any atom is -0.748 e. The van der Waals surface area contributed by atoms with Crippen LogP contribution < -0.4 is 27.5 Å². The fourth-order valence-corrected chi connectivity index (χ4v) is 3.21. The Balaban J connectivity index is 4.92. The zero-order valence-corrected chi connectivity index (χ0v) is 17.2. The molecule has 0 aromatic rings. The lowest BCUT2D eigenvalue weighted by atomic mass is 9.91. The van der Waals surface area contributed by atoms with Gasteiger partial charge in [0.05, 0.1) is 18.3 Å². The summed E-state index contributed by atoms with van der Waals surface area (Å²) in [4.78, 5) is 38.7. The van der Waals surface area contributed by atoms with Crippen LogP contribution in [0, 0.1) is 11.8 Å². The van der Waals surface area contributed by atoms with Crippen molar-refractivity contribution in [1.29, 1.82) is 0 Å². The van der Waals surface area contributed by atoms with Crippen molar-refractivity contribution in [1.82, 2.24) is 5.32 Å². The number of carbonyl (C=O) groups is 3. The Morgan fingerprint density at radius 1 is 1.29 bits per heavy atom. The molecule has 0 saturated carbocycles. The van der Waals surface area contributed by atoms with E-state index in [0.29, 0.717) is 32.1 Å². The molecule has 0 heterocycles. The third-order valence-electron chi connectivity index (χ3n) is 3.92. The fraction of sp³-hybridized carbons (Fsp3) is 0.750. The van der Waals surface area contributed by atoms with E-state index in [1.807, 2.05) is 13.8 Å². The van der Waals surface area contributed by atoms with Crippen molar-refractivity contribution in [3.8, 4) is 0 Å². The first-order valence-electron chi connectivity index (χ1n) is 9.02. The summed E-state index contributed by atoms with van der Waals surface area (Å²) >= 11 is 0. The third kappa shape index (κ3) is 12.4. The van der Waals surface area contributed by atoms with Gasteiger partial charge in [-0.1, -0.05) is 13.8 Å². The van der Waals surface area contributed by atoms with Gasteiger partial charge in [-0.3, -0.25) is 26.0 Å². The highest BCUT2D eigenvalue weighted by molar-refractivity contribution is 7.85. The molecule has 0 saturated heterocycles. The first-order chi connectivity index (χ1) is 12.9. The van der Waals surface area contributed by atoms with Crippen LogP contribution >= 0.6 is 0 Å². The highest BCUT2D eigenvalue weighted by Gasteiger charge is 2.28. The highest BCUT2D eigenvalue weighted by Crippen LogP contribution is 2.14. The van der Waals surface area contributed by atoms with Gasteiger partial charge < -0.3 is 20.4 Å².